The second kappa shape index (κ2) is 2.77. The standard InChI is InChI=1S/C12H7O2/c1-2-4-10-8-12-11(7-9(10)3-1)13-5-6-14-12/h1-7H. The molecule has 0 N–H and O–H groups in total. The van der Waals surface area contributed by atoms with Gasteiger partial charge in [-0.25, -0.2) is 0 Å². The molecule has 0 aliphatic carbocycles. The van der Waals surface area contributed by atoms with Crippen molar-refractivity contribution in [3.63, 3.8) is 0 Å². The molecule has 0 amide bonds. The number of hydrogen-bond donors (Lipinski definition) is 0. The molecule has 2 heteroatoms. The van der Waals surface area contributed by atoms with Gasteiger partial charge in [-0.05, 0) is 16.8 Å². The molecule has 0 spiro atoms. The van der Waals surface area contributed by atoms with Crippen molar-refractivity contribution in [2.75, 3.05) is 0 Å². The zero-order chi connectivity index (χ0) is 9.38. The van der Waals surface area contributed by atoms with Gasteiger partial charge in [0.2, 0.25) is 0 Å². The Hall–Kier alpha value is -1.96. The van der Waals surface area contributed by atoms with E-state index in [1.54, 1.807) is 0 Å². The van der Waals surface area contributed by atoms with Crippen molar-refractivity contribution in [1.82, 2.24) is 0 Å². The van der Waals surface area contributed by atoms with Gasteiger partial charge in [-0.15, -0.1) is 0 Å². The first-order valence-electron chi connectivity index (χ1n) is 4.37. The third-order valence-electron chi connectivity index (χ3n) is 2.16. The molecule has 3 rings (SSSR count). The van der Waals surface area contributed by atoms with Crippen LogP contribution in [0.3, 0.4) is 0 Å². The van der Waals surface area contributed by atoms with E-state index in [1.165, 1.54) is 12.5 Å². The van der Waals surface area contributed by atoms with Gasteiger partial charge in [0.25, 0.3) is 0 Å². The average Bonchev–Trinajstić information content (AvgIpc) is 2.26. The van der Waals surface area contributed by atoms with Crippen LogP contribution in [0.2, 0.25) is 0 Å². The molecule has 2 aromatic carbocycles. The second-order valence-corrected chi connectivity index (χ2v) is 3.06. The first-order chi connectivity index (χ1) is 6.93. The zero-order valence-electron chi connectivity index (χ0n) is 7.36. The highest BCUT2D eigenvalue weighted by molar-refractivity contribution is 5.85. The normalized spacial score (nSPS) is 13.1. The summed E-state index contributed by atoms with van der Waals surface area (Å²) in [5, 5.41) is 2.13. The van der Waals surface area contributed by atoms with Gasteiger partial charge in [0.05, 0.1) is 0 Å². The van der Waals surface area contributed by atoms with E-state index in [2.05, 4.69) is 6.07 Å². The molecule has 0 saturated carbocycles. The van der Waals surface area contributed by atoms with Crippen LogP contribution in [0.25, 0.3) is 10.8 Å². The quantitative estimate of drug-likeness (QED) is 0.625. The molecule has 0 unspecified atom stereocenters. The Morgan fingerprint density at radius 1 is 1.00 bits per heavy atom. The van der Waals surface area contributed by atoms with Crippen LogP contribution in [0.1, 0.15) is 0 Å². The van der Waals surface area contributed by atoms with Gasteiger partial charge in [-0.2, -0.15) is 0 Å². The molecule has 1 heterocycles. The maximum absolute atomic E-state index is 5.29. The van der Waals surface area contributed by atoms with E-state index >= 15 is 0 Å². The van der Waals surface area contributed by atoms with Crippen LogP contribution in [0.15, 0.2) is 42.9 Å². The Morgan fingerprint density at radius 3 is 2.86 bits per heavy atom. The third-order valence-corrected chi connectivity index (χ3v) is 2.16. The molecule has 1 radical (unpaired) electrons. The molecular weight excluding hydrogens is 176 g/mol. The summed E-state index contributed by atoms with van der Waals surface area (Å²) in [5.74, 6) is 1.36. The number of hydrogen-bond acceptors (Lipinski definition) is 2. The zero-order valence-corrected chi connectivity index (χ0v) is 7.36. The molecule has 14 heavy (non-hydrogen) atoms. The lowest BCUT2D eigenvalue weighted by molar-refractivity contribution is 0.362. The summed E-state index contributed by atoms with van der Waals surface area (Å²) in [4.78, 5) is 0. The molecule has 0 fully saturated rings. The minimum atomic E-state index is 0.645. The monoisotopic (exact) mass is 183 g/mol. The van der Waals surface area contributed by atoms with Crippen LogP contribution >= 0.6 is 0 Å². The number of ether oxygens (including phenoxy) is 2. The Labute approximate surface area is 81.4 Å². The van der Waals surface area contributed by atoms with Crippen molar-refractivity contribution in [2.24, 2.45) is 0 Å². The summed E-state index contributed by atoms with van der Waals surface area (Å²) in [6, 6.07) is 13.1. The summed E-state index contributed by atoms with van der Waals surface area (Å²) in [5.41, 5.74) is 0. The third kappa shape index (κ3) is 1.04. The van der Waals surface area contributed by atoms with E-state index in [0.29, 0.717) is 11.5 Å². The van der Waals surface area contributed by atoms with Gasteiger partial charge in [0.15, 0.2) is 11.5 Å². The van der Waals surface area contributed by atoms with Gasteiger partial charge in [-0.1, -0.05) is 24.3 Å². The largest absolute Gasteiger partial charge is 0.458 e. The summed E-state index contributed by atoms with van der Waals surface area (Å²) < 4.78 is 10.6. The van der Waals surface area contributed by atoms with Crippen LogP contribution in [-0.4, -0.2) is 0 Å². The van der Waals surface area contributed by atoms with E-state index in [1.807, 2.05) is 30.3 Å². The summed E-state index contributed by atoms with van der Waals surface area (Å²) in [6.45, 7) is 0. The summed E-state index contributed by atoms with van der Waals surface area (Å²) >= 11 is 0. The van der Waals surface area contributed by atoms with Gasteiger partial charge in [0, 0.05) is 6.07 Å². The van der Waals surface area contributed by atoms with Crippen molar-refractivity contribution in [2.45, 2.75) is 0 Å². The molecule has 67 valence electrons. The fraction of sp³-hybridized carbons (Fsp3) is 0. The second-order valence-electron chi connectivity index (χ2n) is 3.06. The van der Waals surface area contributed by atoms with E-state index in [0.717, 1.165) is 10.8 Å². The number of fused-ring (bicyclic) bond motifs is 2. The predicted octanol–water partition coefficient (Wildman–Crippen LogP) is 2.88. The Balaban J connectivity index is 2.30. The first-order valence-corrected chi connectivity index (χ1v) is 4.37. The lowest BCUT2D eigenvalue weighted by Gasteiger charge is -2.12. The average molecular weight is 183 g/mol. The van der Waals surface area contributed by atoms with Crippen LogP contribution < -0.4 is 9.47 Å². The van der Waals surface area contributed by atoms with Gasteiger partial charge >= 0.3 is 0 Å². The van der Waals surface area contributed by atoms with Gasteiger partial charge in [0.1, 0.15) is 12.5 Å². The Bertz CT molecular complexity index is 468. The molecule has 1 aliphatic rings. The highest BCUT2D eigenvalue weighted by Gasteiger charge is 2.09. The van der Waals surface area contributed by atoms with Gasteiger partial charge in [-0.3, -0.25) is 0 Å². The van der Waals surface area contributed by atoms with E-state index in [-0.39, 0.29) is 0 Å². The highest BCUT2D eigenvalue weighted by Crippen LogP contribution is 2.33. The van der Waals surface area contributed by atoms with Crippen molar-refractivity contribution in [1.29, 1.82) is 0 Å². The first kappa shape index (κ1) is 7.44. The lowest BCUT2D eigenvalue weighted by atomic mass is 10.1. The predicted molar refractivity (Wildman–Crippen MR) is 53.2 cm³/mol. The molecule has 1 aliphatic heterocycles. The van der Waals surface area contributed by atoms with Crippen molar-refractivity contribution >= 4 is 10.8 Å². The van der Waals surface area contributed by atoms with Crippen molar-refractivity contribution < 1.29 is 9.47 Å². The molecule has 2 aromatic rings. The SMILES string of the molecule is [c]1c2c(cc3ccccc13)OC=CO2. The fourth-order valence-electron chi connectivity index (χ4n) is 1.50. The molecule has 2 nitrogen and oxygen atoms in total. The number of benzene rings is 2. The Morgan fingerprint density at radius 2 is 1.86 bits per heavy atom. The van der Waals surface area contributed by atoms with Crippen LogP contribution in [0, 0.1) is 6.07 Å². The Kier molecular flexibility index (Phi) is 1.47. The van der Waals surface area contributed by atoms with Crippen LogP contribution in [0.5, 0.6) is 11.5 Å². The molecule has 0 bridgehead atoms. The van der Waals surface area contributed by atoms with Crippen molar-refractivity contribution in [3.05, 3.63) is 48.9 Å². The smallest absolute Gasteiger partial charge is 0.177 e. The fourth-order valence-corrected chi connectivity index (χ4v) is 1.50. The maximum Gasteiger partial charge on any atom is 0.177 e. The maximum atomic E-state index is 5.29. The van der Waals surface area contributed by atoms with E-state index in [4.69, 9.17) is 9.47 Å². The molecular formula is C12H7O2. The topological polar surface area (TPSA) is 18.5 Å². The van der Waals surface area contributed by atoms with Crippen molar-refractivity contribution in [3.8, 4) is 11.5 Å². The minimum Gasteiger partial charge on any atom is -0.458 e. The molecule has 0 saturated heterocycles. The van der Waals surface area contributed by atoms with E-state index < -0.39 is 0 Å². The van der Waals surface area contributed by atoms with Gasteiger partial charge < -0.3 is 9.47 Å². The lowest BCUT2D eigenvalue weighted by Crippen LogP contribution is -1.95. The summed E-state index contributed by atoms with van der Waals surface area (Å²) in [6.07, 6.45) is 3.03. The van der Waals surface area contributed by atoms with E-state index in [9.17, 15) is 0 Å². The minimum absolute atomic E-state index is 0.645. The molecule has 0 aromatic heterocycles. The highest BCUT2D eigenvalue weighted by atomic mass is 16.5. The van der Waals surface area contributed by atoms with Crippen LogP contribution in [0.4, 0.5) is 0 Å². The molecule has 0 atom stereocenters. The van der Waals surface area contributed by atoms with Crippen LogP contribution in [-0.2, 0) is 0 Å². The summed E-state index contributed by atoms with van der Waals surface area (Å²) in [7, 11) is 0. The number of rotatable bonds is 0.